The molecule has 7 nitrogen and oxygen atoms in total. The molecule has 1 aromatic carbocycles. The van der Waals surface area contributed by atoms with Crippen LogP contribution < -0.4 is 10.1 Å². The molecule has 1 heterocycles. The molecule has 0 fully saturated rings. The Balaban J connectivity index is 1.65. The summed E-state index contributed by atoms with van der Waals surface area (Å²) >= 11 is 0. The second-order valence-corrected chi connectivity index (χ2v) is 9.25. The number of benzene rings is 1. The van der Waals surface area contributed by atoms with Crippen LogP contribution >= 0.6 is 0 Å². The normalized spacial score (nSPS) is 14.4. The fourth-order valence-electron chi connectivity index (χ4n) is 3.07. The van der Waals surface area contributed by atoms with Crippen LogP contribution in [0.5, 0.6) is 5.75 Å². The topological polar surface area (TPSA) is 98.2 Å². The number of alkyl halides is 3. The first-order valence-corrected chi connectivity index (χ1v) is 11.3. The predicted molar refractivity (Wildman–Crippen MR) is 112 cm³/mol. The Labute approximate surface area is 183 Å². The van der Waals surface area contributed by atoms with E-state index in [-0.39, 0.29) is 35.2 Å². The van der Waals surface area contributed by atoms with Crippen molar-refractivity contribution in [2.24, 2.45) is 0 Å². The summed E-state index contributed by atoms with van der Waals surface area (Å²) in [5, 5.41) is 2.57. The van der Waals surface area contributed by atoms with Gasteiger partial charge in [0, 0.05) is 16.9 Å². The van der Waals surface area contributed by atoms with Crippen LogP contribution in [-0.4, -0.2) is 36.4 Å². The van der Waals surface area contributed by atoms with Gasteiger partial charge in [-0.1, -0.05) is 30.7 Å². The third-order valence-electron chi connectivity index (χ3n) is 4.67. The van der Waals surface area contributed by atoms with E-state index in [1.807, 2.05) is 0 Å². The smallest absolute Gasteiger partial charge is 0.405 e. The number of rotatable bonds is 7. The summed E-state index contributed by atoms with van der Waals surface area (Å²) in [7, 11) is -3.24. The van der Waals surface area contributed by atoms with Crippen LogP contribution in [0.1, 0.15) is 26.2 Å². The van der Waals surface area contributed by atoms with E-state index >= 15 is 0 Å². The van der Waals surface area contributed by atoms with E-state index in [0.717, 1.165) is 5.57 Å². The molecule has 0 aliphatic heterocycles. The Morgan fingerprint density at radius 1 is 1.12 bits per heavy atom. The van der Waals surface area contributed by atoms with Gasteiger partial charge in [-0.25, -0.2) is 13.4 Å². The van der Waals surface area contributed by atoms with Crippen LogP contribution in [0.4, 0.5) is 19.0 Å². The monoisotopic (exact) mass is 467 g/mol. The molecule has 11 heteroatoms. The zero-order chi connectivity index (χ0) is 23.4. The summed E-state index contributed by atoms with van der Waals surface area (Å²) in [6.45, 7) is 1.58. The van der Waals surface area contributed by atoms with Crippen LogP contribution in [0.25, 0.3) is 11.3 Å². The highest BCUT2D eigenvalue weighted by atomic mass is 32.2. The lowest BCUT2D eigenvalue weighted by atomic mass is 10.0. The lowest BCUT2D eigenvalue weighted by molar-refractivity contribution is -0.274. The van der Waals surface area contributed by atoms with Gasteiger partial charge in [-0.05, 0) is 31.1 Å². The molecule has 0 saturated heterocycles. The number of carbonyl (C=O) groups is 1. The van der Waals surface area contributed by atoms with Gasteiger partial charge in [0.2, 0.25) is 5.91 Å². The number of carbonyl (C=O) groups excluding carboxylic acids is 1. The van der Waals surface area contributed by atoms with Gasteiger partial charge < -0.3 is 10.1 Å². The Kier molecular flexibility index (Phi) is 6.97. The van der Waals surface area contributed by atoms with Crippen molar-refractivity contribution >= 4 is 21.6 Å². The molecule has 1 aromatic heterocycles. The van der Waals surface area contributed by atoms with Crippen molar-refractivity contribution in [2.75, 3.05) is 11.1 Å². The number of nitrogens with one attached hydrogen (secondary N) is 1. The maximum Gasteiger partial charge on any atom is 0.573 e. The van der Waals surface area contributed by atoms with E-state index in [2.05, 4.69) is 20.0 Å². The van der Waals surface area contributed by atoms with Gasteiger partial charge in [0.15, 0.2) is 15.7 Å². The van der Waals surface area contributed by atoms with Crippen molar-refractivity contribution < 1.29 is 31.1 Å². The van der Waals surface area contributed by atoms with Crippen LogP contribution in [-0.2, 0) is 14.6 Å². The van der Waals surface area contributed by atoms with Crippen molar-refractivity contribution in [1.29, 1.82) is 0 Å². The van der Waals surface area contributed by atoms with Crippen molar-refractivity contribution in [2.45, 2.75) is 32.5 Å². The molecule has 1 aliphatic carbocycles. The van der Waals surface area contributed by atoms with E-state index in [4.69, 9.17) is 0 Å². The average molecular weight is 467 g/mol. The fraction of sp³-hybridized carbons (Fsp3) is 0.286. The predicted octanol–water partition coefficient (Wildman–Crippen LogP) is 4.41. The Hall–Kier alpha value is -3.21. The number of sulfone groups is 1. The molecule has 3 rings (SSSR count). The highest BCUT2D eigenvalue weighted by Gasteiger charge is 2.32. The molecular formula is C21H20F3N3O4S. The summed E-state index contributed by atoms with van der Waals surface area (Å²) in [4.78, 5) is 20.7. The molecule has 0 unspecified atom stereocenters. The largest absolute Gasteiger partial charge is 0.573 e. The fourth-order valence-corrected chi connectivity index (χ4v) is 4.13. The summed E-state index contributed by atoms with van der Waals surface area (Å²) in [5.41, 5.74) is 1.03. The minimum Gasteiger partial charge on any atom is -0.405 e. The van der Waals surface area contributed by atoms with Gasteiger partial charge in [-0.15, -0.1) is 13.2 Å². The first-order chi connectivity index (χ1) is 15.1. The van der Waals surface area contributed by atoms with Crippen LogP contribution in [0.2, 0.25) is 0 Å². The van der Waals surface area contributed by atoms with Crippen LogP contribution in [0, 0.1) is 0 Å². The second-order valence-electron chi connectivity index (χ2n) is 6.92. The van der Waals surface area contributed by atoms with Crippen molar-refractivity contribution in [3.63, 3.8) is 0 Å². The highest BCUT2D eigenvalue weighted by Crippen LogP contribution is 2.32. The third kappa shape index (κ3) is 6.16. The Morgan fingerprint density at radius 3 is 2.47 bits per heavy atom. The first-order valence-electron chi connectivity index (χ1n) is 9.66. The number of amides is 1. The van der Waals surface area contributed by atoms with E-state index in [9.17, 15) is 26.4 Å². The SMILES string of the molecule is CCS(=O)(=O)C1=CC=C(CC(=O)Nc2cnc(-c3ccccc3OC(F)(F)F)cn2)CC1. The quantitative estimate of drug-likeness (QED) is 0.648. The molecule has 0 saturated carbocycles. The van der Waals surface area contributed by atoms with E-state index in [1.165, 1.54) is 36.7 Å². The second kappa shape index (κ2) is 9.51. The van der Waals surface area contributed by atoms with Gasteiger partial charge in [0.05, 0.1) is 23.8 Å². The number of hydrogen-bond donors (Lipinski definition) is 1. The van der Waals surface area contributed by atoms with Gasteiger partial charge in [0.1, 0.15) is 5.75 Å². The number of halogens is 3. The summed E-state index contributed by atoms with van der Waals surface area (Å²) in [6.07, 6.45) is 1.65. The zero-order valence-electron chi connectivity index (χ0n) is 17.0. The number of para-hydroxylation sites is 1. The molecule has 1 amide bonds. The molecule has 1 aliphatic rings. The Bertz CT molecular complexity index is 1160. The number of allylic oxidation sites excluding steroid dienone is 3. The van der Waals surface area contributed by atoms with E-state index < -0.39 is 21.9 Å². The van der Waals surface area contributed by atoms with Crippen LogP contribution in [0.15, 0.2) is 59.3 Å². The average Bonchev–Trinajstić information content (AvgIpc) is 2.74. The minimum absolute atomic E-state index is 0.0317. The number of aromatic nitrogens is 2. The molecule has 32 heavy (non-hydrogen) atoms. The van der Waals surface area contributed by atoms with Gasteiger partial charge in [-0.2, -0.15) is 0 Å². The number of hydrogen-bond acceptors (Lipinski definition) is 6. The maximum absolute atomic E-state index is 12.6. The summed E-state index contributed by atoms with van der Waals surface area (Å²) in [6, 6.07) is 5.53. The van der Waals surface area contributed by atoms with Crippen molar-refractivity contribution in [1.82, 2.24) is 9.97 Å². The molecule has 0 spiro atoms. The number of anilines is 1. The lowest BCUT2D eigenvalue weighted by Gasteiger charge is -2.14. The third-order valence-corrected chi connectivity index (χ3v) is 6.57. The van der Waals surface area contributed by atoms with Gasteiger partial charge >= 0.3 is 6.36 Å². The molecule has 0 bridgehead atoms. The first kappa shape index (κ1) is 23.5. The molecule has 1 N–H and O–H groups in total. The van der Waals surface area contributed by atoms with Crippen molar-refractivity contribution in [3.05, 3.63) is 59.3 Å². The highest BCUT2D eigenvalue weighted by molar-refractivity contribution is 7.95. The van der Waals surface area contributed by atoms with E-state index in [1.54, 1.807) is 19.1 Å². The molecule has 2 aromatic rings. The summed E-state index contributed by atoms with van der Waals surface area (Å²) < 4.78 is 65.6. The van der Waals surface area contributed by atoms with Gasteiger partial charge in [0.25, 0.3) is 0 Å². The van der Waals surface area contributed by atoms with Crippen molar-refractivity contribution in [3.8, 4) is 17.0 Å². The molecule has 0 radical (unpaired) electrons. The lowest BCUT2D eigenvalue weighted by Crippen LogP contribution is -2.17. The zero-order valence-corrected chi connectivity index (χ0v) is 17.8. The molecule has 170 valence electrons. The van der Waals surface area contributed by atoms with Crippen LogP contribution in [0.3, 0.4) is 0 Å². The number of nitrogens with zero attached hydrogens (tertiary/aromatic N) is 2. The number of ether oxygens (including phenoxy) is 1. The Morgan fingerprint density at radius 2 is 1.88 bits per heavy atom. The maximum atomic E-state index is 12.6. The standard InChI is InChI=1S/C21H20F3N3O4S/c1-2-32(29,30)15-9-7-14(8-10-15)11-20(28)27-19-13-25-17(12-26-19)16-5-3-4-6-18(16)31-21(22,23)24/h3-7,9,12-13H,2,8,10-11H2,1H3,(H,26,27,28). The van der Waals surface area contributed by atoms with E-state index in [0.29, 0.717) is 17.7 Å². The minimum atomic E-state index is -4.85. The molecule has 0 atom stereocenters. The van der Waals surface area contributed by atoms with Gasteiger partial charge in [-0.3, -0.25) is 9.78 Å². The molecular weight excluding hydrogens is 447 g/mol. The summed E-state index contributed by atoms with van der Waals surface area (Å²) in [5.74, 6) is -0.611.